The van der Waals surface area contributed by atoms with E-state index >= 15 is 0 Å². The van der Waals surface area contributed by atoms with E-state index < -0.39 is 0 Å². The number of aromatic nitrogens is 2. The summed E-state index contributed by atoms with van der Waals surface area (Å²) in [4.78, 5) is 0. The van der Waals surface area contributed by atoms with Gasteiger partial charge in [-0.2, -0.15) is 5.10 Å². The number of ether oxygens (including phenoxy) is 1. The molecule has 1 atom stereocenters. The van der Waals surface area contributed by atoms with Crippen LogP contribution in [0.4, 0.5) is 0 Å². The first kappa shape index (κ1) is 11.9. The average molecular weight is 243 g/mol. The van der Waals surface area contributed by atoms with E-state index in [0.717, 1.165) is 38.3 Å². The summed E-state index contributed by atoms with van der Waals surface area (Å²) < 4.78 is 7.56. The fraction of sp³-hybridized carbons (Fsp3) is 0.750. The second kappa shape index (κ2) is 4.76. The van der Waals surface area contributed by atoms with E-state index in [0.29, 0.717) is 5.88 Å². The average Bonchev–Trinajstić information content (AvgIpc) is 2.86. The van der Waals surface area contributed by atoms with E-state index in [1.165, 1.54) is 5.69 Å². The molecule has 16 heavy (non-hydrogen) atoms. The molecule has 2 heterocycles. The predicted molar refractivity (Wildman–Crippen MR) is 64.9 cm³/mol. The van der Waals surface area contributed by atoms with Crippen molar-refractivity contribution in [1.82, 2.24) is 9.78 Å². The van der Waals surface area contributed by atoms with Gasteiger partial charge < -0.3 is 4.74 Å². The Morgan fingerprint density at radius 1 is 1.62 bits per heavy atom. The Kier molecular flexibility index (Phi) is 3.55. The second-order valence-electron chi connectivity index (χ2n) is 4.71. The van der Waals surface area contributed by atoms with Crippen molar-refractivity contribution >= 4 is 11.6 Å². The molecule has 0 radical (unpaired) electrons. The summed E-state index contributed by atoms with van der Waals surface area (Å²) >= 11 is 6.11. The van der Waals surface area contributed by atoms with Gasteiger partial charge in [-0.15, -0.1) is 11.6 Å². The molecule has 90 valence electrons. The van der Waals surface area contributed by atoms with E-state index in [4.69, 9.17) is 16.3 Å². The topological polar surface area (TPSA) is 27.1 Å². The van der Waals surface area contributed by atoms with Crippen LogP contribution in [0.25, 0.3) is 0 Å². The molecule has 0 spiro atoms. The molecule has 0 aliphatic carbocycles. The third-order valence-corrected chi connectivity index (χ3v) is 3.88. The van der Waals surface area contributed by atoms with Crippen molar-refractivity contribution in [2.24, 2.45) is 5.41 Å². The maximum absolute atomic E-state index is 6.11. The quantitative estimate of drug-likeness (QED) is 0.759. The Labute approximate surface area is 102 Å². The van der Waals surface area contributed by atoms with Crippen molar-refractivity contribution < 1.29 is 4.74 Å². The molecule has 3 nitrogen and oxygen atoms in total. The standard InChI is InChI=1S/C12H19ClN2O/c1-3-15-11(6-10(2)14-15)7-12(8-13)4-5-16-9-12/h6H,3-5,7-9H2,1-2H3. The fourth-order valence-corrected chi connectivity index (χ4v) is 2.65. The normalized spacial score (nSPS) is 25.2. The van der Waals surface area contributed by atoms with Gasteiger partial charge >= 0.3 is 0 Å². The summed E-state index contributed by atoms with van der Waals surface area (Å²) in [6, 6.07) is 2.16. The molecule has 1 aliphatic rings. The van der Waals surface area contributed by atoms with Gasteiger partial charge in [0.1, 0.15) is 0 Å². The zero-order valence-corrected chi connectivity index (χ0v) is 10.8. The lowest BCUT2D eigenvalue weighted by Crippen LogP contribution is -2.27. The highest BCUT2D eigenvalue weighted by atomic mass is 35.5. The molecule has 2 rings (SSSR count). The zero-order valence-electron chi connectivity index (χ0n) is 10.0. The third kappa shape index (κ3) is 2.25. The number of halogens is 1. The second-order valence-corrected chi connectivity index (χ2v) is 4.97. The Balaban J connectivity index is 2.18. The fourth-order valence-electron chi connectivity index (χ4n) is 2.34. The van der Waals surface area contributed by atoms with E-state index in [1.807, 2.05) is 6.92 Å². The van der Waals surface area contributed by atoms with Gasteiger partial charge in [0.05, 0.1) is 12.3 Å². The van der Waals surface area contributed by atoms with Crippen LogP contribution in [0.1, 0.15) is 24.7 Å². The van der Waals surface area contributed by atoms with E-state index in [1.54, 1.807) is 0 Å². The van der Waals surface area contributed by atoms with Gasteiger partial charge in [0.2, 0.25) is 0 Å². The van der Waals surface area contributed by atoms with Crippen LogP contribution in [-0.4, -0.2) is 28.9 Å². The maximum Gasteiger partial charge on any atom is 0.0596 e. The number of aryl methyl sites for hydroxylation is 2. The van der Waals surface area contributed by atoms with Gasteiger partial charge in [-0.05, 0) is 32.8 Å². The van der Waals surface area contributed by atoms with E-state index in [-0.39, 0.29) is 5.41 Å². The molecule has 1 saturated heterocycles. The van der Waals surface area contributed by atoms with Gasteiger partial charge in [0, 0.05) is 30.1 Å². The molecular weight excluding hydrogens is 224 g/mol. The molecular formula is C12H19ClN2O. The minimum atomic E-state index is 0.126. The minimum absolute atomic E-state index is 0.126. The lowest BCUT2D eigenvalue weighted by molar-refractivity contribution is 0.160. The summed E-state index contributed by atoms with van der Waals surface area (Å²) in [5.41, 5.74) is 2.49. The van der Waals surface area contributed by atoms with Crippen molar-refractivity contribution in [2.75, 3.05) is 19.1 Å². The number of rotatable bonds is 4. The molecule has 0 saturated carbocycles. The third-order valence-electron chi connectivity index (χ3n) is 3.31. The molecule has 1 fully saturated rings. The maximum atomic E-state index is 6.11. The summed E-state index contributed by atoms with van der Waals surface area (Å²) in [5.74, 6) is 0.668. The number of alkyl halides is 1. The Morgan fingerprint density at radius 3 is 3.00 bits per heavy atom. The van der Waals surface area contributed by atoms with Crippen molar-refractivity contribution in [3.63, 3.8) is 0 Å². The molecule has 0 aromatic carbocycles. The smallest absolute Gasteiger partial charge is 0.0596 e. The summed E-state index contributed by atoms with van der Waals surface area (Å²) in [6.45, 7) is 6.70. The van der Waals surface area contributed by atoms with Crippen LogP contribution in [0.3, 0.4) is 0 Å². The molecule has 1 aromatic rings. The highest BCUT2D eigenvalue weighted by molar-refractivity contribution is 6.18. The van der Waals surface area contributed by atoms with Crippen LogP contribution < -0.4 is 0 Å². The lowest BCUT2D eigenvalue weighted by Gasteiger charge is -2.24. The van der Waals surface area contributed by atoms with Crippen molar-refractivity contribution in [3.8, 4) is 0 Å². The molecule has 1 unspecified atom stereocenters. The molecule has 1 aromatic heterocycles. The van der Waals surface area contributed by atoms with Gasteiger partial charge in [0.25, 0.3) is 0 Å². The Morgan fingerprint density at radius 2 is 2.44 bits per heavy atom. The Bertz CT molecular complexity index is 356. The van der Waals surface area contributed by atoms with E-state index in [2.05, 4.69) is 22.8 Å². The van der Waals surface area contributed by atoms with Crippen LogP contribution in [0.15, 0.2) is 6.07 Å². The van der Waals surface area contributed by atoms with Crippen molar-refractivity contribution in [1.29, 1.82) is 0 Å². The van der Waals surface area contributed by atoms with Crippen molar-refractivity contribution in [2.45, 2.75) is 33.2 Å². The zero-order chi connectivity index (χ0) is 11.6. The van der Waals surface area contributed by atoms with E-state index in [9.17, 15) is 0 Å². The van der Waals surface area contributed by atoms with Crippen molar-refractivity contribution in [3.05, 3.63) is 17.5 Å². The number of hydrogen-bond acceptors (Lipinski definition) is 2. The molecule has 0 bridgehead atoms. The highest BCUT2D eigenvalue weighted by Crippen LogP contribution is 2.34. The van der Waals surface area contributed by atoms with Gasteiger partial charge in [-0.3, -0.25) is 4.68 Å². The predicted octanol–water partition coefficient (Wildman–Crippen LogP) is 2.40. The summed E-state index contributed by atoms with van der Waals surface area (Å²) in [6.07, 6.45) is 2.04. The van der Waals surface area contributed by atoms with Gasteiger partial charge in [0.15, 0.2) is 0 Å². The van der Waals surface area contributed by atoms with Crippen LogP contribution in [0.5, 0.6) is 0 Å². The first-order valence-corrected chi connectivity index (χ1v) is 6.39. The lowest BCUT2D eigenvalue weighted by atomic mass is 9.84. The minimum Gasteiger partial charge on any atom is -0.381 e. The number of nitrogens with zero attached hydrogens (tertiary/aromatic N) is 2. The monoisotopic (exact) mass is 242 g/mol. The van der Waals surface area contributed by atoms with Crippen LogP contribution in [0, 0.1) is 12.3 Å². The van der Waals surface area contributed by atoms with Gasteiger partial charge in [-0.1, -0.05) is 0 Å². The first-order chi connectivity index (χ1) is 7.69. The SMILES string of the molecule is CCn1nc(C)cc1CC1(CCl)CCOC1. The number of hydrogen-bond donors (Lipinski definition) is 0. The summed E-state index contributed by atoms with van der Waals surface area (Å²) in [5, 5.41) is 4.47. The molecule has 1 aliphatic heterocycles. The van der Waals surface area contributed by atoms with Gasteiger partial charge in [-0.25, -0.2) is 0 Å². The molecule has 4 heteroatoms. The Hall–Kier alpha value is -0.540. The summed E-state index contributed by atoms with van der Waals surface area (Å²) in [7, 11) is 0. The molecule has 0 amide bonds. The highest BCUT2D eigenvalue weighted by Gasteiger charge is 2.35. The van der Waals surface area contributed by atoms with Crippen LogP contribution in [0.2, 0.25) is 0 Å². The van der Waals surface area contributed by atoms with Crippen LogP contribution >= 0.6 is 11.6 Å². The first-order valence-electron chi connectivity index (χ1n) is 5.86. The molecule has 0 N–H and O–H groups in total. The largest absolute Gasteiger partial charge is 0.381 e. The van der Waals surface area contributed by atoms with Crippen LogP contribution in [-0.2, 0) is 17.7 Å².